The quantitative estimate of drug-likeness (QED) is 0.566. The lowest BCUT2D eigenvalue weighted by Crippen LogP contribution is -2.25. The van der Waals surface area contributed by atoms with Gasteiger partial charge in [0.25, 0.3) is 0 Å². The van der Waals surface area contributed by atoms with Crippen LogP contribution in [0, 0.1) is 0 Å². The van der Waals surface area contributed by atoms with E-state index in [1.807, 2.05) is 17.5 Å². The van der Waals surface area contributed by atoms with E-state index in [0.717, 1.165) is 16.3 Å². The van der Waals surface area contributed by atoms with E-state index in [4.69, 9.17) is 23.2 Å². The summed E-state index contributed by atoms with van der Waals surface area (Å²) in [7, 11) is -3.75. The van der Waals surface area contributed by atoms with Crippen LogP contribution in [0.5, 0.6) is 0 Å². The average molecular weight is 428 g/mol. The second kappa shape index (κ2) is 8.45. The normalized spacial score (nSPS) is 11.6. The van der Waals surface area contributed by atoms with Gasteiger partial charge < -0.3 is 0 Å². The van der Waals surface area contributed by atoms with Crippen LogP contribution in [0.1, 0.15) is 11.4 Å². The summed E-state index contributed by atoms with van der Waals surface area (Å²) in [6, 6.07) is 8.41. The molecule has 0 radical (unpaired) electrons. The molecule has 3 rings (SSSR count). The summed E-state index contributed by atoms with van der Waals surface area (Å²) in [5, 5.41) is 3.14. The minimum atomic E-state index is -3.75. The fraction of sp³-hybridized carbons (Fsp3) is 0.176. The fourth-order valence-corrected chi connectivity index (χ4v) is 5.40. The highest BCUT2D eigenvalue weighted by Crippen LogP contribution is 2.28. The molecule has 1 N–H and O–H groups in total. The van der Waals surface area contributed by atoms with Crippen LogP contribution in [0.3, 0.4) is 0 Å². The molecular formula is C17H15Cl2N3O2S2. The minimum Gasteiger partial charge on any atom is -0.265 e. The topological polar surface area (TPSA) is 72.0 Å². The molecule has 0 aliphatic carbocycles. The Kier molecular flexibility index (Phi) is 6.26. The lowest BCUT2D eigenvalue weighted by atomic mass is 10.2. The van der Waals surface area contributed by atoms with Gasteiger partial charge in [-0.1, -0.05) is 29.3 Å². The molecule has 9 heteroatoms. The monoisotopic (exact) mass is 427 g/mol. The number of hydrogen-bond donors (Lipinski definition) is 1. The van der Waals surface area contributed by atoms with Crippen molar-refractivity contribution in [1.29, 1.82) is 0 Å². The van der Waals surface area contributed by atoms with Crippen LogP contribution in [0.2, 0.25) is 10.0 Å². The van der Waals surface area contributed by atoms with Crippen LogP contribution in [0.15, 0.2) is 53.0 Å². The van der Waals surface area contributed by atoms with E-state index in [2.05, 4.69) is 14.7 Å². The largest absolute Gasteiger partial charge is 0.265 e. The first-order chi connectivity index (χ1) is 12.5. The van der Waals surface area contributed by atoms with Gasteiger partial charge in [0.1, 0.15) is 4.90 Å². The van der Waals surface area contributed by atoms with Crippen molar-refractivity contribution < 1.29 is 8.42 Å². The number of hydrogen-bond acceptors (Lipinski definition) is 5. The molecule has 26 heavy (non-hydrogen) atoms. The van der Waals surface area contributed by atoms with E-state index in [0.29, 0.717) is 12.8 Å². The van der Waals surface area contributed by atoms with Crippen LogP contribution >= 0.6 is 34.5 Å². The van der Waals surface area contributed by atoms with Crippen LogP contribution in [-0.4, -0.2) is 24.9 Å². The SMILES string of the molecule is O=S(=O)(NCCCc1nc(-c2ccncc2)cs1)c1c(Cl)cccc1Cl. The van der Waals surface area contributed by atoms with Gasteiger partial charge in [-0.25, -0.2) is 18.1 Å². The number of pyridine rings is 1. The zero-order valence-electron chi connectivity index (χ0n) is 13.5. The highest BCUT2D eigenvalue weighted by Gasteiger charge is 2.20. The fourth-order valence-electron chi connectivity index (χ4n) is 2.34. The van der Waals surface area contributed by atoms with E-state index in [1.54, 1.807) is 29.8 Å². The summed E-state index contributed by atoms with van der Waals surface area (Å²) >= 11 is 13.5. The summed E-state index contributed by atoms with van der Waals surface area (Å²) in [5.74, 6) is 0. The summed E-state index contributed by atoms with van der Waals surface area (Å²) in [6.45, 7) is 0.272. The molecule has 0 amide bonds. The Morgan fingerprint density at radius 3 is 2.46 bits per heavy atom. The predicted molar refractivity (Wildman–Crippen MR) is 105 cm³/mol. The van der Waals surface area contributed by atoms with Crippen molar-refractivity contribution in [2.24, 2.45) is 0 Å². The van der Waals surface area contributed by atoms with E-state index in [-0.39, 0.29) is 21.5 Å². The van der Waals surface area contributed by atoms with Crippen molar-refractivity contribution in [2.75, 3.05) is 6.54 Å². The highest BCUT2D eigenvalue weighted by atomic mass is 35.5. The van der Waals surface area contributed by atoms with Gasteiger partial charge in [0, 0.05) is 36.3 Å². The first kappa shape index (κ1) is 19.3. The number of aromatic nitrogens is 2. The molecule has 3 aromatic rings. The summed E-state index contributed by atoms with van der Waals surface area (Å²) < 4.78 is 27.3. The van der Waals surface area contributed by atoms with E-state index < -0.39 is 10.0 Å². The standard InChI is InChI=1S/C17H15Cl2N3O2S2/c18-13-3-1-4-14(19)17(13)26(23,24)21-8-2-5-16-22-15(11-25-16)12-6-9-20-10-7-12/h1,3-4,6-7,9-11,21H,2,5,8H2. The van der Waals surface area contributed by atoms with Gasteiger partial charge in [0.2, 0.25) is 10.0 Å². The maximum Gasteiger partial charge on any atom is 0.243 e. The molecule has 0 atom stereocenters. The zero-order valence-corrected chi connectivity index (χ0v) is 16.7. The summed E-state index contributed by atoms with van der Waals surface area (Å²) in [4.78, 5) is 8.48. The molecule has 0 aliphatic heterocycles. The van der Waals surface area contributed by atoms with Crippen molar-refractivity contribution in [3.8, 4) is 11.3 Å². The Bertz CT molecular complexity index is 972. The lowest BCUT2D eigenvalue weighted by molar-refractivity contribution is 0.579. The molecule has 2 aromatic heterocycles. The first-order valence-electron chi connectivity index (χ1n) is 7.76. The Morgan fingerprint density at radius 1 is 1.08 bits per heavy atom. The average Bonchev–Trinajstić information content (AvgIpc) is 3.08. The third kappa shape index (κ3) is 4.61. The van der Waals surface area contributed by atoms with Gasteiger partial charge >= 0.3 is 0 Å². The molecule has 1 aromatic carbocycles. The molecule has 0 bridgehead atoms. The summed E-state index contributed by atoms with van der Waals surface area (Å²) in [6.07, 6.45) is 4.74. The van der Waals surface area contributed by atoms with Gasteiger partial charge in [-0.3, -0.25) is 4.98 Å². The van der Waals surface area contributed by atoms with E-state index in [9.17, 15) is 8.42 Å². The number of halogens is 2. The maximum atomic E-state index is 12.4. The Hall–Kier alpha value is -1.51. The highest BCUT2D eigenvalue weighted by molar-refractivity contribution is 7.89. The second-order valence-electron chi connectivity index (χ2n) is 5.41. The molecule has 0 saturated heterocycles. The Labute approximate surface area is 166 Å². The summed E-state index contributed by atoms with van der Waals surface area (Å²) in [5.41, 5.74) is 1.91. The first-order valence-corrected chi connectivity index (χ1v) is 10.9. The van der Waals surface area contributed by atoms with Crippen molar-refractivity contribution in [3.05, 3.63) is 63.2 Å². The number of rotatable bonds is 7. The van der Waals surface area contributed by atoms with Gasteiger partial charge in [0.15, 0.2) is 0 Å². The number of sulfonamides is 1. The smallest absolute Gasteiger partial charge is 0.243 e. The van der Waals surface area contributed by atoms with Gasteiger partial charge in [-0.15, -0.1) is 11.3 Å². The van der Waals surface area contributed by atoms with Crippen molar-refractivity contribution in [3.63, 3.8) is 0 Å². The zero-order chi connectivity index (χ0) is 18.6. The molecule has 0 unspecified atom stereocenters. The Morgan fingerprint density at radius 2 is 1.77 bits per heavy atom. The molecule has 0 saturated carbocycles. The predicted octanol–water partition coefficient (Wildman–Crippen LogP) is 4.42. The van der Waals surface area contributed by atoms with Crippen LogP contribution < -0.4 is 4.72 Å². The third-order valence-electron chi connectivity index (χ3n) is 3.57. The number of nitrogens with one attached hydrogen (secondary N) is 1. The molecule has 0 fully saturated rings. The number of benzene rings is 1. The molecule has 5 nitrogen and oxygen atoms in total. The van der Waals surface area contributed by atoms with Gasteiger partial charge in [0.05, 0.1) is 20.7 Å². The lowest BCUT2D eigenvalue weighted by Gasteiger charge is -2.09. The number of thiazole rings is 1. The van der Waals surface area contributed by atoms with Crippen LogP contribution in [0.25, 0.3) is 11.3 Å². The second-order valence-corrected chi connectivity index (χ2v) is 8.88. The van der Waals surface area contributed by atoms with Crippen molar-refractivity contribution >= 4 is 44.6 Å². The molecule has 136 valence electrons. The van der Waals surface area contributed by atoms with Crippen molar-refractivity contribution in [1.82, 2.24) is 14.7 Å². The van der Waals surface area contributed by atoms with Crippen LogP contribution in [-0.2, 0) is 16.4 Å². The molecule has 0 spiro atoms. The van der Waals surface area contributed by atoms with Crippen molar-refractivity contribution in [2.45, 2.75) is 17.7 Å². The number of aryl methyl sites for hydroxylation is 1. The van der Waals surface area contributed by atoms with Gasteiger partial charge in [-0.2, -0.15) is 0 Å². The molecular weight excluding hydrogens is 413 g/mol. The molecule has 0 aliphatic rings. The number of nitrogens with zero attached hydrogens (tertiary/aromatic N) is 2. The Balaban J connectivity index is 1.57. The maximum absolute atomic E-state index is 12.4. The van der Waals surface area contributed by atoms with E-state index in [1.165, 1.54) is 12.1 Å². The van der Waals surface area contributed by atoms with Crippen LogP contribution in [0.4, 0.5) is 0 Å². The van der Waals surface area contributed by atoms with Gasteiger partial charge in [-0.05, 0) is 30.7 Å². The van der Waals surface area contributed by atoms with E-state index >= 15 is 0 Å². The third-order valence-corrected chi connectivity index (χ3v) is 6.90. The molecule has 2 heterocycles. The minimum absolute atomic E-state index is 0.0856.